The number of hydrogen-bond donors (Lipinski definition) is 0. The minimum Gasteiger partial charge on any atom is -0.242 e. The lowest BCUT2D eigenvalue weighted by atomic mass is 10.2. The molecule has 0 bridgehead atoms. The molecule has 2 saturated heterocycles. The van der Waals surface area contributed by atoms with Crippen LogP contribution in [0.2, 0.25) is 0 Å². The minimum absolute atomic E-state index is 0.926. The minimum atomic E-state index is 0.926. The van der Waals surface area contributed by atoms with E-state index < -0.39 is 0 Å². The Morgan fingerprint density at radius 2 is 1.73 bits per heavy atom. The average molecular weight is 154 g/mol. The van der Waals surface area contributed by atoms with Crippen LogP contribution in [0.15, 0.2) is 0 Å². The van der Waals surface area contributed by atoms with Gasteiger partial charge in [0.05, 0.1) is 0 Å². The Morgan fingerprint density at radius 3 is 2.27 bits per heavy atom. The van der Waals surface area contributed by atoms with Gasteiger partial charge in [0.1, 0.15) is 0 Å². The second-order valence-corrected chi connectivity index (χ2v) is 3.97. The van der Waals surface area contributed by atoms with Gasteiger partial charge in [-0.25, -0.2) is 10.0 Å². The summed E-state index contributed by atoms with van der Waals surface area (Å²) in [5, 5.41) is 5.10. The maximum absolute atomic E-state index is 2.55. The highest BCUT2D eigenvalue weighted by Crippen LogP contribution is 2.20. The van der Waals surface area contributed by atoms with Crippen LogP contribution in [0.1, 0.15) is 26.2 Å². The molecule has 64 valence electrons. The van der Waals surface area contributed by atoms with E-state index in [0.717, 1.165) is 5.92 Å². The molecule has 2 nitrogen and oxygen atoms in total. The Hall–Kier alpha value is -0.0800. The molecule has 0 amide bonds. The molecule has 0 N–H and O–H groups in total. The summed E-state index contributed by atoms with van der Waals surface area (Å²) in [4.78, 5) is 0. The predicted octanol–water partition coefficient (Wildman–Crippen LogP) is 1.34. The molecule has 0 aliphatic carbocycles. The van der Waals surface area contributed by atoms with E-state index in [1.54, 1.807) is 0 Å². The van der Waals surface area contributed by atoms with Crippen LogP contribution in [-0.2, 0) is 0 Å². The number of nitrogens with zero attached hydrogens (tertiary/aromatic N) is 2. The van der Waals surface area contributed by atoms with Crippen LogP contribution in [0.4, 0.5) is 0 Å². The summed E-state index contributed by atoms with van der Waals surface area (Å²) in [6.45, 7) is 7.59. The fourth-order valence-corrected chi connectivity index (χ4v) is 2.15. The van der Waals surface area contributed by atoms with Crippen molar-refractivity contribution < 1.29 is 0 Å². The third kappa shape index (κ3) is 1.57. The predicted molar refractivity (Wildman–Crippen MR) is 46.2 cm³/mol. The number of rotatable bonds is 1. The molecular weight excluding hydrogens is 136 g/mol. The van der Waals surface area contributed by atoms with Gasteiger partial charge < -0.3 is 0 Å². The molecule has 2 aliphatic rings. The van der Waals surface area contributed by atoms with Gasteiger partial charge in [0.15, 0.2) is 0 Å². The maximum Gasteiger partial charge on any atom is 0.0159 e. The topological polar surface area (TPSA) is 6.48 Å². The first-order valence-electron chi connectivity index (χ1n) is 4.86. The molecule has 2 heterocycles. The van der Waals surface area contributed by atoms with Crippen LogP contribution in [0.25, 0.3) is 0 Å². The van der Waals surface area contributed by atoms with E-state index >= 15 is 0 Å². The highest BCUT2D eigenvalue weighted by molar-refractivity contribution is 4.73. The van der Waals surface area contributed by atoms with Crippen molar-refractivity contribution in [2.75, 3.05) is 26.2 Å². The summed E-state index contributed by atoms with van der Waals surface area (Å²) in [6, 6.07) is 0. The van der Waals surface area contributed by atoms with Crippen LogP contribution in [0, 0.1) is 5.92 Å². The van der Waals surface area contributed by atoms with Gasteiger partial charge in [-0.05, 0) is 25.2 Å². The summed E-state index contributed by atoms with van der Waals surface area (Å²) in [5.41, 5.74) is 0. The molecule has 11 heavy (non-hydrogen) atoms. The van der Waals surface area contributed by atoms with Gasteiger partial charge in [-0.1, -0.05) is 6.92 Å². The Kier molecular flexibility index (Phi) is 2.14. The van der Waals surface area contributed by atoms with E-state index in [0.29, 0.717) is 0 Å². The first-order chi connectivity index (χ1) is 5.36. The van der Waals surface area contributed by atoms with E-state index in [-0.39, 0.29) is 0 Å². The fraction of sp³-hybridized carbons (Fsp3) is 1.00. The zero-order valence-corrected chi connectivity index (χ0v) is 7.42. The molecule has 0 aromatic carbocycles. The summed E-state index contributed by atoms with van der Waals surface area (Å²) >= 11 is 0. The number of hydrazine groups is 1. The highest BCUT2D eigenvalue weighted by atomic mass is 15.6. The molecule has 2 rings (SSSR count). The molecule has 0 aromatic rings. The van der Waals surface area contributed by atoms with Gasteiger partial charge in [-0.15, -0.1) is 0 Å². The van der Waals surface area contributed by atoms with Gasteiger partial charge in [-0.2, -0.15) is 0 Å². The van der Waals surface area contributed by atoms with Crippen LogP contribution >= 0.6 is 0 Å². The van der Waals surface area contributed by atoms with Gasteiger partial charge in [0.25, 0.3) is 0 Å². The highest BCUT2D eigenvalue weighted by Gasteiger charge is 2.25. The van der Waals surface area contributed by atoms with E-state index in [1.807, 2.05) is 0 Å². The average Bonchev–Trinajstić information content (AvgIpc) is 2.55. The molecule has 0 aromatic heterocycles. The molecule has 0 saturated carbocycles. The Bertz CT molecular complexity index is 130. The van der Waals surface area contributed by atoms with Crippen molar-refractivity contribution in [2.24, 2.45) is 5.92 Å². The first kappa shape index (κ1) is 7.56. The SMILES string of the molecule is CC1CCN(N2CCCC2)C1. The van der Waals surface area contributed by atoms with Crippen LogP contribution in [-0.4, -0.2) is 36.2 Å². The van der Waals surface area contributed by atoms with E-state index in [1.165, 1.54) is 45.4 Å². The van der Waals surface area contributed by atoms with Crippen molar-refractivity contribution in [1.82, 2.24) is 10.0 Å². The van der Waals surface area contributed by atoms with Crippen molar-refractivity contribution in [1.29, 1.82) is 0 Å². The Morgan fingerprint density at radius 1 is 1.00 bits per heavy atom. The van der Waals surface area contributed by atoms with Crippen molar-refractivity contribution in [2.45, 2.75) is 26.2 Å². The standard InChI is InChI=1S/C9H18N2/c1-9-4-7-11(8-9)10-5-2-3-6-10/h9H,2-8H2,1H3. The fourth-order valence-electron chi connectivity index (χ4n) is 2.15. The van der Waals surface area contributed by atoms with Crippen molar-refractivity contribution in [3.63, 3.8) is 0 Å². The number of hydrogen-bond acceptors (Lipinski definition) is 2. The van der Waals surface area contributed by atoms with Gasteiger partial charge in [-0.3, -0.25) is 0 Å². The summed E-state index contributed by atoms with van der Waals surface area (Å²) < 4.78 is 0. The van der Waals surface area contributed by atoms with Gasteiger partial charge in [0.2, 0.25) is 0 Å². The van der Waals surface area contributed by atoms with Gasteiger partial charge in [0, 0.05) is 26.2 Å². The second kappa shape index (κ2) is 3.11. The molecule has 2 fully saturated rings. The normalized spacial score (nSPS) is 35.2. The molecule has 2 aliphatic heterocycles. The Balaban J connectivity index is 1.85. The van der Waals surface area contributed by atoms with Crippen LogP contribution in [0.3, 0.4) is 0 Å². The van der Waals surface area contributed by atoms with E-state index in [9.17, 15) is 0 Å². The lowest BCUT2D eigenvalue weighted by Gasteiger charge is -2.26. The monoisotopic (exact) mass is 154 g/mol. The quantitative estimate of drug-likeness (QED) is 0.562. The molecule has 2 heteroatoms. The van der Waals surface area contributed by atoms with E-state index in [4.69, 9.17) is 0 Å². The molecule has 0 radical (unpaired) electrons. The summed E-state index contributed by atoms with van der Waals surface area (Å²) in [7, 11) is 0. The molecule has 0 spiro atoms. The summed E-state index contributed by atoms with van der Waals surface area (Å²) in [5.74, 6) is 0.926. The zero-order valence-electron chi connectivity index (χ0n) is 7.42. The third-order valence-corrected chi connectivity index (χ3v) is 2.88. The smallest absolute Gasteiger partial charge is 0.0159 e. The largest absolute Gasteiger partial charge is 0.242 e. The lowest BCUT2D eigenvalue weighted by molar-refractivity contribution is 0.0187. The van der Waals surface area contributed by atoms with Crippen LogP contribution < -0.4 is 0 Å². The maximum atomic E-state index is 2.55. The molecule has 1 unspecified atom stereocenters. The molecule has 1 atom stereocenters. The second-order valence-electron chi connectivity index (χ2n) is 3.97. The first-order valence-corrected chi connectivity index (χ1v) is 4.86. The van der Waals surface area contributed by atoms with Crippen LogP contribution in [0.5, 0.6) is 0 Å². The Labute approximate surface area is 69.1 Å². The van der Waals surface area contributed by atoms with Crippen molar-refractivity contribution in [3.8, 4) is 0 Å². The summed E-state index contributed by atoms with van der Waals surface area (Å²) in [6.07, 6.45) is 4.21. The van der Waals surface area contributed by atoms with Crippen molar-refractivity contribution in [3.05, 3.63) is 0 Å². The van der Waals surface area contributed by atoms with Gasteiger partial charge >= 0.3 is 0 Å². The lowest BCUT2D eigenvalue weighted by Crippen LogP contribution is -2.38. The zero-order chi connectivity index (χ0) is 7.68. The molecular formula is C9H18N2. The third-order valence-electron chi connectivity index (χ3n) is 2.88. The van der Waals surface area contributed by atoms with Crippen molar-refractivity contribution >= 4 is 0 Å². The van der Waals surface area contributed by atoms with E-state index in [2.05, 4.69) is 16.9 Å².